The Bertz CT molecular complexity index is 1310. The quantitative estimate of drug-likeness (QED) is 0.390. The zero-order chi connectivity index (χ0) is 20.5. The third-order valence-electron chi connectivity index (χ3n) is 4.77. The van der Waals surface area contributed by atoms with E-state index in [0.717, 1.165) is 21.2 Å². The van der Waals surface area contributed by atoms with Crippen LogP contribution in [0.4, 0.5) is 5.13 Å². The molecular formula is C23H17N3O3S. The van der Waals surface area contributed by atoms with Crippen molar-refractivity contribution in [1.29, 1.82) is 0 Å². The molecule has 0 unspecified atom stereocenters. The maximum absolute atomic E-state index is 13.5. The normalized spacial score (nSPS) is 11.1. The van der Waals surface area contributed by atoms with Crippen molar-refractivity contribution in [2.45, 2.75) is 6.54 Å². The summed E-state index contributed by atoms with van der Waals surface area (Å²) < 4.78 is 12.2. The molecule has 0 aliphatic rings. The molecule has 0 spiro atoms. The molecule has 7 heteroatoms. The molecule has 0 bridgehead atoms. The minimum absolute atomic E-state index is 0.256. The van der Waals surface area contributed by atoms with E-state index in [1.54, 1.807) is 30.5 Å². The Labute approximate surface area is 176 Å². The van der Waals surface area contributed by atoms with E-state index >= 15 is 0 Å². The highest BCUT2D eigenvalue weighted by Gasteiger charge is 2.25. The molecule has 3 heterocycles. The fourth-order valence-electron chi connectivity index (χ4n) is 3.31. The highest BCUT2D eigenvalue weighted by Crippen LogP contribution is 2.35. The Morgan fingerprint density at radius 3 is 2.83 bits per heavy atom. The molecule has 0 fully saturated rings. The number of hydrogen-bond donors (Lipinski definition) is 0. The fraction of sp³-hybridized carbons (Fsp3) is 0.0870. The predicted molar refractivity (Wildman–Crippen MR) is 117 cm³/mol. The number of benzene rings is 2. The number of anilines is 1. The van der Waals surface area contributed by atoms with Crippen LogP contribution in [-0.2, 0) is 6.54 Å². The van der Waals surface area contributed by atoms with Crippen LogP contribution >= 0.6 is 11.3 Å². The van der Waals surface area contributed by atoms with Crippen LogP contribution in [0, 0.1) is 0 Å². The van der Waals surface area contributed by atoms with Crippen LogP contribution < -0.4 is 9.64 Å². The molecule has 0 aliphatic carbocycles. The molecule has 0 saturated carbocycles. The number of fused-ring (bicyclic) bond motifs is 2. The molecule has 2 aromatic carbocycles. The first-order valence-electron chi connectivity index (χ1n) is 9.36. The van der Waals surface area contributed by atoms with Gasteiger partial charge in [-0.3, -0.25) is 14.7 Å². The summed E-state index contributed by atoms with van der Waals surface area (Å²) in [6.07, 6.45) is 3.45. The molecule has 6 nitrogen and oxygen atoms in total. The van der Waals surface area contributed by atoms with E-state index in [0.29, 0.717) is 23.0 Å². The summed E-state index contributed by atoms with van der Waals surface area (Å²) in [6.45, 7) is 0.325. The minimum Gasteiger partial charge on any atom is -0.494 e. The standard InChI is InChI=1S/C23H17N3O3S/c1-28-18-9-4-10-20-21(18)25-23(30-20)26(14-15-6-5-11-24-13-15)22(27)19-12-16-7-2-3-8-17(16)29-19/h2-13H,14H2,1H3. The summed E-state index contributed by atoms with van der Waals surface area (Å²) in [4.78, 5) is 24.0. The lowest BCUT2D eigenvalue weighted by molar-refractivity contribution is 0.0960. The van der Waals surface area contributed by atoms with Gasteiger partial charge in [0.2, 0.25) is 0 Å². The van der Waals surface area contributed by atoms with Crippen molar-refractivity contribution in [3.63, 3.8) is 0 Å². The number of ether oxygens (including phenoxy) is 1. The lowest BCUT2D eigenvalue weighted by Gasteiger charge is -2.18. The molecule has 0 N–H and O–H groups in total. The van der Waals surface area contributed by atoms with E-state index in [9.17, 15) is 4.79 Å². The van der Waals surface area contributed by atoms with Crippen molar-refractivity contribution >= 4 is 43.6 Å². The maximum Gasteiger partial charge on any atom is 0.296 e. The van der Waals surface area contributed by atoms with E-state index in [4.69, 9.17) is 14.1 Å². The average Bonchev–Trinajstić information content (AvgIpc) is 3.41. The SMILES string of the molecule is COc1cccc2sc(N(Cc3cccnc3)C(=O)c3cc4ccccc4o3)nc12. The first kappa shape index (κ1) is 18.3. The van der Waals surface area contributed by atoms with Crippen LogP contribution in [0.15, 0.2) is 77.5 Å². The number of carbonyl (C=O) groups is 1. The number of rotatable bonds is 5. The summed E-state index contributed by atoms with van der Waals surface area (Å²) in [5.74, 6) is 0.687. The van der Waals surface area contributed by atoms with E-state index < -0.39 is 0 Å². The summed E-state index contributed by atoms with van der Waals surface area (Å²) in [5.41, 5.74) is 2.30. The van der Waals surface area contributed by atoms with Crippen LogP contribution in [0.25, 0.3) is 21.2 Å². The second kappa shape index (κ2) is 7.61. The number of pyridine rings is 1. The van der Waals surface area contributed by atoms with Crippen molar-refractivity contribution < 1.29 is 13.9 Å². The van der Waals surface area contributed by atoms with Crippen molar-refractivity contribution in [3.8, 4) is 5.75 Å². The van der Waals surface area contributed by atoms with Gasteiger partial charge in [-0.15, -0.1) is 0 Å². The van der Waals surface area contributed by atoms with Crippen molar-refractivity contribution in [2.24, 2.45) is 0 Å². The third-order valence-corrected chi connectivity index (χ3v) is 5.81. The predicted octanol–water partition coefficient (Wildman–Crippen LogP) is 5.29. The van der Waals surface area contributed by atoms with E-state index in [2.05, 4.69) is 4.98 Å². The average molecular weight is 415 g/mol. The molecule has 5 aromatic rings. The smallest absolute Gasteiger partial charge is 0.296 e. The molecular weight excluding hydrogens is 398 g/mol. The summed E-state index contributed by atoms with van der Waals surface area (Å²) in [5, 5.41) is 1.46. The second-order valence-corrected chi connectivity index (χ2v) is 7.71. The number of methoxy groups -OCH3 is 1. The number of nitrogens with zero attached hydrogens (tertiary/aromatic N) is 3. The van der Waals surface area contributed by atoms with Crippen molar-refractivity contribution in [2.75, 3.05) is 12.0 Å². The van der Waals surface area contributed by atoms with Gasteiger partial charge in [0.05, 0.1) is 18.4 Å². The van der Waals surface area contributed by atoms with Gasteiger partial charge in [-0.25, -0.2) is 4.98 Å². The summed E-state index contributed by atoms with van der Waals surface area (Å²) >= 11 is 1.44. The van der Waals surface area contributed by atoms with Gasteiger partial charge in [-0.1, -0.05) is 41.7 Å². The number of hydrogen-bond acceptors (Lipinski definition) is 6. The fourth-order valence-corrected chi connectivity index (χ4v) is 4.29. The van der Waals surface area contributed by atoms with Gasteiger partial charge in [0.1, 0.15) is 16.8 Å². The number of amides is 1. The van der Waals surface area contributed by atoms with Crippen molar-refractivity contribution in [1.82, 2.24) is 9.97 Å². The number of para-hydroxylation sites is 2. The molecule has 148 valence electrons. The molecule has 30 heavy (non-hydrogen) atoms. The van der Waals surface area contributed by atoms with Gasteiger partial charge in [-0.05, 0) is 35.9 Å². The van der Waals surface area contributed by atoms with Gasteiger partial charge >= 0.3 is 0 Å². The molecule has 3 aromatic heterocycles. The Kier molecular flexibility index (Phi) is 4.65. The summed E-state index contributed by atoms with van der Waals surface area (Å²) in [6, 6.07) is 18.8. The minimum atomic E-state index is -0.256. The highest BCUT2D eigenvalue weighted by atomic mass is 32.1. The highest BCUT2D eigenvalue weighted by molar-refractivity contribution is 7.22. The summed E-state index contributed by atoms with van der Waals surface area (Å²) in [7, 11) is 1.61. The molecule has 5 rings (SSSR count). The van der Waals surface area contributed by atoms with Gasteiger partial charge in [-0.2, -0.15) is 0 Å². The molecule has 0 radical (unpaired) electrons. The largest absolute Gasteiger partial charge is 0.494 e. The van der Waals surface area contributed by atoms with Crippen LogP contribution in [0.3, 0.4) is 0 Å². The Hall–Kier alpha value is -3.71. The number of furan rings is 1. The van der Waals surface area contributed by atoms with Crippen LogP contribution in [0.1, 0.15) is 16.1 Å². The van der Waals surface area contributed by atoms with Crippen molar-refractivity contribution in [3.05, 3.63) is 84.4 Å². The topological polar surface area (TPSA) is 68.5 Å². The van der Waals surface area contributed by atoms with E-state index in [-0.39, 0.29) is 11.7 Å². The van der Waals surface area contributed by atoms with Gasteiger partial charge < -0.3 is 9.15 Å². The first-order chi connectivity index (χ1) is 14.7. The van der Waals surface area contributed by atoms with Crippen LogP contribution in [-0.4, -0.2) is 23.0 Å². The van der Waals surface area contributed by atoms with Crippen LogP contribution in [0.5, 0.6) is 5.75 Å². The zero-order valence-electron chi connectivity index (χ0n) is 16.1. The first-order valence-corrected chi connectivity index (χ1v) is 10.2. The molecule has 0 saturated heterocycles. The molecule has 1 amide bonds. The van der Waals surface area contributed by atoms with Gasteiger partial charge in [0, 0.05) is 17.8 Å². The Morgan fingerprint density at radius 2 is 2.03 bits per heavy atom. The number of carbonyl (C=O) groups excluding carboxylic acids is 1. The van der Waals surface area contributed by atoms with Crippen LogP contribution in [0.2, 0.25) is 0 Å². The van der Waals surface area contributed by atoms with Gasteiger partial charge in [0.15, 0.2) is 10.9 Å². The number of thiazole rings is 1. The third kappa shape index (κ3) is 3.29. The van der Waals surface area contributed by atoms with E-state index in [1.807, 2.05) is 54.6 Å². The molecule has 0 aliphatic heterocycles. The number of aromatic nitrogens is 2. The van der Waals surface area contributed by atoms with Gasteiger partial charge in [0.25, 0.3) is 5.91 Å². The lowest BCUT2D eigenvalue weighted by Crippen LogP contribution is -2.30. The molecule has 0 atom stereocenters. The lowest BCUT2D eigenvalue weighted by atomic mass is 10.2. The zero-order valence-corrected chi connectivity index (χ0v) is 16.9. The monoisotopic (exact) mass is 415 g/mol. The Morgan fingerprint density at radius 1 is 1.13 bits per heavy atom. The van der Waals surface area contributed by atoms with E-state index in [1.165, 1.54) is 11.3 Å². The second-order valence-electron chi connectivity index (χ2n) is 6.70. The Balaban J connectivity index is 1.60. The maximum atomic E-state index is 13.5.